The highest BCUT2D eigenvalue weighted by atomic mass is 32.1. The first kappa shape index (κ1) is 15.6. The standard InChI is InChI=1S/C18H20N2O2S/c1-20-12-13(16-10-14(22-2)5-7-17(16)20)11-19-18(21)8-6-15-4-3-9-23-15/h3-5,7,9-10,12H,6,8,11H2,1-2H3,(H,19,21). The Morgan fingerprint density at radius 3 is 2.96 bits per heavy atom. The lowest BCUT2D eigenvalue weighted by atomic mass is 10.1. The number of aromatic nitrogens is 1. The van der Waals surface area contributed by atoms with Gasteiger partial charge in [0.1, 0.15) is 5.75 Å². The Balaban J connectivity index is 1.65. The Kier molecular flexibility index (Phi) is 4.67. The Bertz CT molecular complexity index is 806. The Morgan fingerprint density at radius 2 is 2.22 bits per heavy atom. The third-order valence-corrected chi connectivity index (χ3v) is 4.87. The predicted molar refractivity (Wildman–Crippen MR) is 94.0 cm³/mol. The molecule has 120 valence electrons. The maximum Gasteiger partial charge on any atom is 0.220 e. The van der Waals surface area contributed by atoms with Crippen molar-refractivity contribution in [2.75, 3.05) is 7.11 Å². The van der Waals surface area contributed by atoms with Gasteiger partial charge in [0.05, 0.1) is 7.11 Å². The molecule has 0 aliphatic heterocycles. The van der Waals surface area contributed by atoms with Crippen LogP contribution < -0.4 is 10.1 Å². The van der Waals surface area contributed by atoms with Crippen molar-refractivity contribution in [3.05, 3.63) is 52.3 Å². The number of hydrogen-bond donors (Lipinski definition) is 1. The van der Waals surface area contributed by atoms with E-state index in [9.17, 15) is 4.79 Å². The van der Waals surface area contributed by atoms with Crippen molar-refractivity contribution in [1.29, 1.82) is 0 Å². The normalized spacial score (nSPS) is 10.9. The van der Waals surface area contributed by atoms with Crippen LogP contribution in [-0.2, 0) is 24.8 Å². The molecule has 0 saturated heterocycles. The minimum atomic E-state index is 0.0818. The summed E-state index contributed by atoms with van der Waals surface area (Å²) in [6.07, 6.45) is 3.38. The summed E-state index contributed by atoms with van der Waals surface area (Å²) in [6, 6.07) is 10.1. The molecule has 0 fully saturated rings. The summed E-state index contributed by atoms with van der Waals surface area (Å²) in [6.45, 7) is 0.535. The second-order valence-electron chi connectivity index (χ2n) is 5.50. The molecule has 23 heavy (non-hydrogen) atoms. The first-order valence-corrected chi connectivity index (χ1v) is 8.46. The zero-order valence-electron chi connectivity index (χ0n) is 13.3. The molecule has 4 nitrogen and oxygen atoms in total. The van der Waals surface area contributed by atoms with Gasteiger partial charge in [0.15, 0.2) is 0 Å². The first-order chi connectivity index (χ1) is 11.2. The van der Waals surface area contributed by atoms with Gasteiger partial charge in [-0.15, -0.1) is 11.3 Å². The van der Waals surface area contributed by atoms with Gasteiger partial charge in [0, 0.05) is 42.0 Å². The zero-order valence-corrected chi connectivity index (χ0v) is 14.2. The van der Waals surface area contributed by atoms with Gasteiger partial charge >= 0.3 is 0 Å². The van der Waals surface area contributed by atoms with E-state index in [4.69, 9.17) is 4.74 Å². The van der Waals surface area contributed by atoms with E-state index >= 15 is 0 Å². The van der Waals surface area contributed by atoms with Crippen molar-refractivity contribution >= 4 is 28.1 Å². The van der Waals surface area contributed by atoms with E-state index in [0.29, 0.717) is 13.0 Å². The summed E-state index contributed by atoms with van der Waals surface area (Å²) < 4.78 is 7.37. The maximum atomic E-state index is 12.0. The molecule has 0 aliphatic carbocycles. The van der Waals surface area contributed by atoms with E-state index in [1.807, 2.05) is 36.7 Å². The molecule has 1 aromatic carbocycles. The third kappa shape index (κ3) is 3.56. The van der Waals surface area contributed by atoms with Crippen LogP contribution in [-0.4, -0.2) is 17.6 Å². The summed E-state index contributed by atoms with van der Waals surface area (Å²) in [7, 11) is 3.67. The summed E-state index contributed by atoms with van der Waals surface area (Å²) >= 11 is 1.69. The van der Waals surface area contributed by atoms with Crippen molar-refractivity contribution in [2.45, 2.75) is 19.4 Å². The maximum absolute atomic E-state index is 12.0. The van der Waals surface area contributed by atoms with Crippen molar-refractivity contribution < 1.29 is 9.53 Å². The van der Waals surface area contributed by atoms with E-state index in [1.54, 1.807) is 18.4 Å². The van der Waals surface area contributed by atoms with Gasteiger partial charge in [-0.1, -0.05) is 6.07 Å². The lowest BCUT2D eigenvalue weighted by Gasteiger charge is -2.05. The number of amides is 1. The average Bonchev–Trinajstić information content (AvgIpc) is 3.19. The van der Waals surface area contributed by atoms with Gasteiger partial charge in [0.2, 0.25) is 5.91 Å². The second-order valence-corrected chi connectivity index (χ2v) is 6.54. The van der Waals surface area contributed by atoms with Crippen molar-refractivity contribution in [3.63, 3.8) is 0 Å². The quantitative estimate of drug-likeness (QED) is 0.752. The van der Waals surface area contributed by atoms with E-state index < -0.39 is 0 Å². The molecular formula is C18H20N2O2S. The number of fused-ring (bicyclic) bond motifs is 1. The Hall–Kier alpha value is -2.27. The molecule has 0 spiro atoms. The van der Waals surface area contributed by atoms with Crippen LogP contribution in [0.15, 0.2) is 41.9 Å². The molecule has 0 atom stereocenters. The molecule has 3 rings (SSSR count). The number of benzene rings is 1. The van der Waals surface area contributed by atoms with Gasteiger partial charge in [-0.2, -0.15) is 0 Å². The number of thiophene rings is 1. The van der Waals surface area contributed by atoms with Gasteiger partial charge in [0.25, 0.3) is 0 Å². The fraction of sp³-hybridized carbons (Fsp3) is 0.278. The van der Waals surface area contributed by atoms with Crippen LogP contribution >= 0.6 is 11.3 Å². The lowest BCUT2D eigenvalue weighted by Crippen LogP contribution is -2.22. The lowest BCUT2D eigenvalue weighted by molar-refractivity contribution is -0.121. The largest absolute Gasteiger partial charge is 0.497 e. The molecular weight excluding hydrogens is 308 g/mol. The van der Waals surface area contributed by atoms with E-state index in [-0.39, 0.29) is 5.91 Å². The third-order valence-electron chi connectivity index (χ3n) is 3.93. The van der Waals surface area contributed by atoms with Crippen molar-refractivity contribution in [1.82, 2.24) is 9.88 Å². The number of nitrogens with one attached hydrogen (secondary N) is 1. The van der Waals surface area contributed by atoms with E-state index in [0.717, 1.165) is 28.6 Å². The number of carbonyl (C=O) groups excluding carboxylic acids is 1. The van der Waals surface area contributed by atoms with Crippen LogP contribution in [0.3, 0.4) is 0 Å². The van der Waals surface area contributed by atoms with Crippen molar-refractivity contribution in [2.24, 2.45) is 7.05 Å². The highest BCUT2D eigenvalue weighted by molar-refractivity contribution is 7.09. The fourth-order valence-electron chi connectivity index (χ4n) is 2.69. The van der Waals surface area contributed by atoms with E-state index in [1.165, 1.54) is 4.88 Å². The van der Waals surface area contributed by atoms with Crippen LogP contribution in [0, 0.1) is 0 Å². The van der Waals surface area contributed by atoms with Crippen LogP contribution in [0.4, 0.5) is 0 Å². The molecule has 0 unspecified atom stereocenters. The van der Waals surface area contributed by atoms with E-state index in [2.05, 4.69) is 22.1 Å². The number of ether oxygens (including phenoxy) is 1. The van der Waals surface area contributed by atoms with Gasteiger partial charge < -0.3 is 14.6 Å². The molecule has 2 aromatic heterocycles. The summed E-state index contributed by atoms with van der Waals surface area (Å²) in [5.41, 5.74) is 2.24. The van der Waals surface area contributed by atoms with Crippen LogP contribution in [0.1, 0.15) is 16.9 Å². The van der Waals surface area contributed by atoms with Gasteiger partial charge in [-0.3, -0.25) is 4.79 Å². The number of aryl methyl sites for hydroxylation is 2. The highest BCUT2D eigenvalue weighted by Crippen LogP contribution is 2.25. The van der Waals surface area contributed by atoms with Gasteiger partial charge in [-0.05, 0) is 41.6 Å². The molecule has 0 bridgehead atoms. The predicted octanol–water partition coefficient (Wildman–Crippen LogP) is 3.50. The molecule has 3 aromatic rings. The zero-order chi connectivity index (χ0) is 16.2. The molecule has 5 heteroatoms. The van der Waals surface area contributed by atoms with Crippen LogP contribution in [0.5, 0.6) is 5.75 Å². The molecule has 2 heterocycles. The summed E-state index contributed by atoms with van der Waals surface area (Å²) in [5, 5.41) is 6.17. The monoisotopic (exact) mass is 328 g/mol. The number of hydrogen-bond acceptors (Lipinski definition) is 3. The Labute approximate surface area is 139 Å². The number of carbonyl (C=O) groups is 1. The molecule has 0 saturated carbocycles. The number of methoxy groups -OCH3 is 1. The molecule has 0 aliphatic rings. The average molecular weight is 328 g/mol. The molecule has 1 amide bonds. The fourth-order valence-corrected chi connectivity index (χ4v) is 3.40. The minimum Gasteiger partial charge on any atom is -0.497 e. The topological polar surface area (TPSA) is 43.3 Å². The smallest absolute Gasteiger partial charge is 0.220 e. The van der Waals surface area contributed by atoms with Gasteiger partial charge in [-0.25, -0.2) is 0 Å². The highest BCUT2D eigenvalue weighted by Gasteiger charge is 2.09. The second kappa shape index (κ2) is 6.87. The number of rotatable bonds is 6. The van der Waals surface area contributed by atoms with Crippen LogP contribution in [0.2, 0.25) is 0 Å². The van der Waals surface area contributed by atoms with Crippen molar-refractivity contribution in [3.8, 4) is 5.75 Å². The molecule has 0 radical (unpaired) electrons. The Morgan fingerprint density at radius 1 is 1.35 bits per heavy atom. The summed E-state index contributed by atoms with van der Waals surface area (Å²) in [4.78, 5) is 13.3. The SMILES string of the molecule is COc1ccc2c(c1)c(CNC(=O)CCc1cccs1)cn2C. The minimum absolute atomic E-state index is 0.0818. The first-order valence-electron chi connectivity index (χ1n) is 7.58. The molecule has 1 N–H and O–H groups in total. The number of nitrogens with zero attached hydrogens (tertiary/aromatic N) is 1. The summed E-state index contributed by atoms with van der Waals surface area (Å²) in [5.74, 6) is 0.910. The van der Waals surface area contributed by atoms with Crippen LogP contribution in [0.25, 0.3) is 10.9 Å².